The first-order chi connectivity index (χ1) is 39.0. The summed E-state index contributed by atoms with van der Waals surface area (Å²) in [6.07, 6.45) is 0. The summed E-state index contributed by atoms with van der Waals surface area (Å²) >= 11 is 0. The average Bonchev–Trinajstić information content (AvgIpc) is 3.66. The molecule has 0 spiro atoms. The van der Waals surface area contributed by atoms with E-state index >= 15 is 0 Å². The van der Waals surface area contributed by atoms with Crippen LogP contribution in [-0.2, 0) is 10.8 Å². The van der Waals surface area contributed by atoms with Crippen LogP contribution in [0.3, 0.4) is 0 Å². The van der Waals surface area contributed by atoms with Crippen LogP contribution in [0.15, 0.2) is 231 Å². The van der Waals surface area contributed by atoms with E-state index in [1.165, 1.54) is 22.3 Å². The smallest absolute Gasteiger partial charge is 0.187 e. The molecule has 2 aliphatic rings. The minimum absolute atomic E-state index is 0.310. The molecule has 0 amide bonds. The van der Waals surface area contributed by atoms with Crippen LogP contribution < -0.4 is 9.80 Å². The maximum Gasteiger partial charge on any atom is 0.187 e. The van der Waals surface area contributed by atoms with Crippen LogP contribution in [0.25, 0.3) is 77.2 Å². The van der Waals surface area contributed by atoms with Crippen LogP contribution in [0.2, 0.25) is 0 Å². The Hall–Kier alpha value is -10.7. The van der Waals surface area contributed by atoms with Gasteiger partial charge in [-0.1, -0.05) is 198 Å². The number of aromatic nitrogens is 3. The highest BCUT2D eigenvalue weighted by Gasteiger charge is 2.39. The number of anilines is 6. The Morgan fingerprint density at radius 1 is 0.350 bits per heavy atom. The molecule has 0 saturated heterocycles. The van der Waals surface area contributed by atoms with Gasteiger partial charge in [-0.05, 0) is 116 Å². The van der Waals surface area contributed by atoms with Crippen molar-refractivity contribution in [3.8, 4) is 73.6 Å². The van der Waals surface area contributed by atoms with E-state index < -0.39 is 0 Å². The van der Waals surface area contributed by atoms with Crippen molar-refractivity contribution in [2.45, 2.75) is 38.5 Å². The quantitative estimate of drug-likeness (QED) is 0.141. The molecule has 11 aromatic rings. The third kappa shape index (κ3) is 8.25. The summed E-state index contributed by atoms with van der Waals surface area (Å²) in [5.74, 6) is 1.44. The number of fused-ring (bicyclic) bond motifs is 4. The third-order valence-electron chi connectivity index (χ3n) is 16.0. The van der Waals surface area contributed by atoms with Gasteiger partial charge in [0.25, 0.3) is 0 Å². The van der Waals surface area contributed by atoms with Gasteiger partial charge in [0, 0.05) is 27.5 Å². The van der Waals surface area contributed by atoms with E-state index in [4.69, 9.17) is 28.1 Å². The fourth-order valence-corrected chi connectivity index (χ4v) is 11.8. The molecule has 8 heteroatoms. The number of nitriles is 1. The highest BCUT2D eigenvalue weighted by molar-refractivity contribution is 5.96. The van der Waals surface area contributed by atoms with Gasteiger partial charge in [-0.2, -0.15) is 5.26 Å². The van der Waals surface area contributed by atoms with Gasteiger partial charge in [0.05, 0.1) is 58.9 Å². The van der Waals surface area contributed by atoms with E-state index in [0.717, 1.165) is 84.2 Å². The molecule has 13 rings (SSSR count). The van der Waals surface area contributed by atoms with E-state index in [1.54, 1.807) is 0 Å². The lowest BCUT2D eigenvalue weighted by Crippen LogP contribution is -2.30. The van der Waals surface area contributed by atoms with Gasteiger partial charge in [-0.25, -0.2) is 24.6 Å². The lowest BCUT2D eigenvalue weighted by atomic mass is 9.73. The molecule has 2 aliphatic heterocycles. The molecule has 1 aromatic heterocycles. The lowest BCUT2D eigenvalue weighted by molar-refractivity contribution is 0.632. The average molecular weight is 1030 g/mol. The van der Waals surface area contributed by atoms with Crippen molar-refractivity contribution >= 4 is 45.5 Å². The van der Waals surface area contributed by atoms with Gasteiger partial charge in [0.1, 0.15) is 0 Å². The third-order valence-corrected chi connectivity index (χ3v) is 16.0. The van der Waals surface area contributed by atoms with Gasteiger partial charge in [-0.15, -0.1) is 0 Å². The summed E-state index contributed by atoms with van der Waals surface area (Å²) in [5, 5.41) is 9.77. The normalized spacial score (nSPS) is 13.4. The van der Waals surface area contributed by atoms with E-state index in [1.807, 2.05) is 84.9 Å². The minimum atomic E-state index is -0.310. The van der Waals surface area contributed by atoms with Crippen molar-refractivity contribution in [2.75, 3.05) is 9.80 Å². The molecule has 0 fully saturated rings. The molecule has 0 unspecified atom stereocenters. The van der Waals surface area contributed by atoms with E-state index in [2.05, 4.69) is 199 Å². The SMILES string of the molecule is [C-]#[N+]c1ccc(-c2ccc(-c3nc(-c4ccc(-c5cccc(C#N)c5)cc4)nc(-c4ccc(-c5ccc([N+]#[C-])cc5)cc4N4c5ccccc5C(C)(C)c5ccccc54)n3)c(N3c4ccccc4C(C)(C)c4ccccc43)c2)cc1. The predicted octanol–water partition coefficient (Wildman–Crippen LogP) is 19.1. The lowest BCUT2D eigenvalue weighted by Gasteiger charge is -2.42. The molecule has 80 heavy (non-hydrogen) atoms. The Balaban J connectivity index is 1.09. The van der Waals surface area contributed by atoms with E-state index in [9.17, 15) is 5.26 Å². The Kier molecular flexibility index (Phi) is 11.8. The Morgan fingerprint density at radius 2 is 0.688 bits per heavy atom. The maximum atomic E-state index is 9.77. The second kappa shape index (κ2) is 19.4. The van der Waals surface area contributed by atoms with Crippen LogP contribution in [0, 0.1) is 24.5 Å². The molecule has 0 N–H and O–H groups in total. The highest BCUT2D eigenvalue weighted by atomic mass is 15.2. The summed E-state index contributed by atoms with van der Waals surface area (Å²) in [4.78, 5) is 28.8. The summed E-state index contributed by atoms with van der Waals surface area (Å²) in [5.41, 5.74) is 20.0. The second-order valence-electron chi connectivity index (χ2n) is 21.3. The van der Waals surface area contributed by atoms with Gasteiger partial charge >= 0.3 is 0 Å². The Bertz CT molecular complexity index is 4070. The molecule has 0 atom stereocenters. The highest BCUT2D eigenvalue weighted by Crippen LogP contribution is 2.56. The summed E-state index contributed by atoms with van der Waals surface area (Å²) in [6, 6.07) is 81.1. The van der Waals surface area contributed by atoms with Gasteiger partial charge in [0.15, 0.2) is 28.8 Å². The molecule has 0 saturated carbocycles. The van der Waals surface area contributed by atoms with Crippen LogP contribution in [0.4, 0.5) is 45.5 Å². The zero-order valence-corrected chi connectivity index (χ0v) is 44.5. The minimum Gasteiger partial charge on any atom is -0.309 e. The fraction of sp³-hybridized carbons (Fsp3) is 0.0833. The standard InChI is InChI=1S/C72H50N8/c1-71(2)58-18-7-11-22-62(58)79(63-23-12-8-19-59(63)71)66-43-52(48-30-36-54(74-5)37-31-48)34-40-56(66)69-76-68(50-28-26-47(27-29-50)51-17-15-16-46(42-51)45-73)77-70(78-69)57-41-35-53(49-32-38-55(75-6)39-33-49)44-67(57)80-64-24-13-9-20-60(64)72(3,4)61-21-10-14-25-65(61)80/h7-44H,1-4H3. The number of rotatable bonds is 8. The van der Waals surface area contributed by atoms with Crippen LogP contribution in [-0.4, -0.2) is 15.0 Å². The van der Waals surface area contributed by atoms with Crippen molar-refractivity contribution in [3.63, 3.8) is 0 Å². The number of hydrogen-bond donors (Lipinski definition) is 0. The van der Waals surface area contributed by atoms with E-state index in [0.29, 0.717) is 34.4 Å². The maximum absolute atomic E-state index is 9.77. The zero-order valence-electron chi connectivity index (χ0n) is 44.5. The number of para-hydroxylation sites is 4. The summed E-state index contributed by atoms with van der Waals surface area (Å²) in [6.45, 7) is 24.6. The molecule has 8 nitrogen and oxygen atoms in total. The monoisotopic (exact) mass is 1030 g/mol. The molecule has 0 bridgehead atoms. The van der Waals surface area contributed by atoms with Crippen molar-refractivity contribution < 1.29 is 0 Å². The van der Waals surface area contributed by atoms with Gasteiger partial charge in [0.2, 0.25) is 0 Å². The van der Waals surface area contributed by atoms with Crippen molar-refractivity contribution in [2.24, 2.45) is 0 Å². The molecular weight excluding hydrogens is 977 g/mol. The first-order valence-electron chi connectivity index (χ1n) is 26.6. The van der Waals surface area contributed by atoms with Gasteiger partial charge in [-0.3, -0.25) is 0 Å². The van der Waals surface area contributed by atoms with Crippen molar-refractivity contribution in [3.05, 3.63) is 281 Å². The van der Waals surface area contributed by atoms with Crippen LogP contribution >= 0.6 is 0 Å². The number of benzene rings is 10. The molecule has 3 heterocycles. The van der Waals surface area contributed by atoms with Crippen molar-refractivity contribution in [1.82, 2.24) is 15.0 Å². The Labute approximate surface area is 466 Å². The van der Waals surface area contributed by atoms with Crippen molar-refractivity contribution in [1.29, 1.82) is 5.26 Å². The summed E-state index contributed by atoms with van der Waals surface area (Å²) < 4.78 is 0. The zero-order chi connectivity index (χ0) is 54.7. The first kappa shape index (κ1) is 48.9. The Morgan fingerprint density at radius 3 is 1.07 bits per heavy atom. The second-order valence-corrected chi connectivity index (χ2v) is 21.3. The number of hydrogen-bond acceptors (Lipinski definition) is 6. The van der Waals surface area contributed by atoms with Crippen LogP contribution in [0.5, 0.6) is 0 Å². The molecule has 10 aromatic carbocycles. The van der Waals surface area contributed by atoms with Gasteiger partial charge < -0.3 is 9.80 Å². The van der Waals surface area contributed by atoms with E-state index in [-0.39, 0.29) is 10.8 Å². The topological polar surface area (TPSA) is 77.7 Å². The number of nitrogens with zero attached hydrogens (tertiary/aromatic N) is 8. The molecule has 378 valence electrons. The first-order valence-corrected chi connectivity index (χ1v) is 26.6. The predicted molar refractivity (Wildman–Crippen MR) is 323 cm³/mol. The molecular formula is C72H50N8. The summed E-state index contributed by atoms with van der Waals surface area (Å²) in [7, 11) is 0. The largest absolute Gasteiger partial charge is 0.309 e. The van der Waals surface area contributed by atoms with Crippen LogP contribution in [0.1, 0.15) is 55.5 Å². The molecule has 0 aliphatic carbocycles. The fourth-order valence-electron chi connectivity index (χ4n) is 11.8. The molecule has 0 radical (unpaired) electrons.